The molecule has 6 heteroatoms. The standard InChI is InChI=1S/C15H18N4O2/c1-10-7-19(8-13(20)18(10)2)15-14-11(16-9-17-15)5-4-6-12(14)21-3/h4-6,9-10H,7-8H2,1-3H3/t10-/m0/s1. The number of ether oxygens (including phenoxy) is 1. The van der Waals surface area contributed by atoms with Gasteiger partial charge in [-0.25, -0.2) is 9.97 Å². The number of hydrogen-bond acceptors (Lipinski definition) is 5. The summed E-state index contributed by atoms with van der Waals surface area (Å²) >= 11 is 0. The third-order valence-corrected chi connectivity index (χ3v) is 3.99. The summed E-state index contributed by atoms with van der Waals surface area (Å²) in [5.41, 5.74) is 0.818. The van der Waals surface area contributed by atoms with Crippen molar-refractivity contribution in [1.82, 2.24) is 14.9 Å². The summed E-state index contributed by atoms with van der Waals surface area (Å²) in [4.78, 5) is 24.5. The van der Waals surface area contributed by atoms with Gasteiger partial charge in [0.15, 0.2) is 0 Å². The van der Waals surface area contributed by atoms with Gasteiger partial charge in [0.1, 0.15) is 17.9 Å². The van der Waals surface area contributed by atoms with Gasteiger partial charge in [0.25, 0.3) is 0 Å². The van der Waals surface area contributed by atoms with Gasteiger partial charge in [-0.1, -0.05) is 6.07 Å². The van der Waals surface area contributed by atoms with Crippen molar-refractivity contribution < 1.29 is 9.53 Å². The molecule has 0 bridgehead atoms. The van der Waals surface area contributed by atoms with Gasteiger partial charge in [-0.2, -0.15) is 0 Å². The van der Waals surface area contributed by atoms with Gasteiger partial charge in [0.2, 0.25) is 5.91 Å². The van der Waals surface area contributed by atoms with E-state index in [1.807, 2.05) is 37.1 Å². The second kappa shape index (κ2) is 5.20. The highest BCUT2D eigenvalue weighted by Gasteiger charge is 2.29. The quantitative estimate of drug-likeness (QED) is 0.833. The Labute approximate surface area is 123 Å². The van der Waals surface area contributed by atoms with Gasteiger partial charge in [-0.15, -0.1) is 0 Å². The Morgan fingerprint density at radius 1 is 1.33 bits per heavy atom. The van der Waals surface area contributed by atoms with E-state index in [2.05, 4.69) is 9.97 Å². The molecule has 0 unspecified atom stereocenters. The average Bonchev–Trinajstić information content (AvgIpc) is 2.50. The number of piperazine rings is 1. The van der Waals surface area contributed by atoms with E-state index in [1.54, 1.807) is 12.0 Å². The molecule has 1 aromatic heterocycles. The molecule has 6 nitrogen and oxygen atoms in total. The fourth-order valence-corrected chi connectivity index (χ4v) is 2.66. The van der Waals surface area contributed by atoms with Crippen LogP contribution < -0.4 is 9.64 Å². The number of amides is 1. The molecule has 0 N–H and O–H groups in total. The molecule has 0 spiro atoms. The Morgan fingerprint density at radius 2 is 2.14 bits per heavy atom. The van der Waals surface area contributed by atoms with Crippen LogP contribution in [0.2, 0.25) is 0 Å². The van der Waals surface area contributed by atoms with E-state index in [9.17, 15) is 4.79 Å². The van der Waals surface area contributed by atoms with Gasteiger partial charge in [0, 0.05) is 19.6 Å². The van der Waals surface area contributed by atoms with Crippen molar-refractivity contribution in [2.24, 2.45) is 0 Å². The number of fused-ring (bicyclic) bond motifs is 1. The van der Waals surface area contributed by atoms with Crippen LogP contribution in [0.1, 0.15) is 6.92 Å². The lowest BCUT2D eigenvalue weighted by Gasteiger charge is -2.38. The summed E-state index contributed by atoms with van der Waals surface area (Å²) in [6, 6.07) is 5.85. The van der Waals surface area contributed by atoms with Gasteiger partial charge in [-0.05, 0) is 19.1 Å². The van der Waals surface area contributed by atoms with Gasteiger partial charge in [0.05, 0.1) is 24.6 Å². The Balaban J connectivity index is 2.10. The number of methoxy groups -OCH3 is 1. The Kier molecular flexibility index (Phi) is 3.37. The Hall–Kier alpha value is -2.37. The molecule has 1 aliphatic rings. The molecule has 0 saturated carbocycles. The number of aromatic nitrogens is 2. The molecular formula is C15H18N4O2. The van der Waals surface area contributed by atoms with Crippen molar-refractivity contribution >= 4 is 22.6 Å². The number of anilines is 1. The number of rotatable bonds is 2. The third kappa shape index (κ3) is 2.26. The minimum Gasteiger partial charge on any atom is -0.496 e. The number of nitrogens with zero attached hydrogens (tertiary/aromatic N) is 4. The Morgan fingerprint density at radius 3 is 2.86 bits per heavy atom. The zero-order chi connectivity index (χ0) is 15.0. The molecule has 0 radical (unpaired) electrons. The molecule has 1 amide bonds. The minimum absolute atomic E-state index is 0.0930. The van der Waals surface area contributed by atoms with Crippen LogP contribution in [0.5, 0.6) is 5.75 Å². The predicted octanol–water partition coefficient (Wildman–Crippen LogP) is 1.31. The first-order valence-electron chi connectivity index (χ1n) is 6.90. The predicted molar refractivity (Wildman–Crippen MR) is 80.5 cm³/mol. The van der Waals surface area contributed by atoms with Crippen LogP contribution in [0.15, 0.2) is 24.5 Å². The summed E-state index contributed by atoms with van der Waals surface area (Å²) in [7, 11) is 3.46. The van der Waals surface area contributed by atoms with Gasteiger partial charge >= 0.3 is 0 Å². The van der Waals surface area contributed by atoms with E-state index in [1.165, 1.54) is 6.33 Å². The molecule has 21 heavy (non-hydrogen) atoms. The number of carbonyl (C=O) groups is 1. The smallest absolute Gasteiger partial charge is 0.242 e. The van der Waals surface area contributed by atoms with Crippen molar-refractivity contribution in [3.63, 3.8) is 0 Å². The lowest BCUT2D eigenvalue weighted by Crippen LogP contribution is -2.54. The summed E-state index contributed by atoms with van der Waals surface area (Å²) in [5.74, 6) is 1.57. The largest absolute Gasteiger partial charge is 0.496 e. The van der Waals surface area contributed by atoms with Gasteiger partial charge < -0.3 is 14.5 Å². The molecule has 1 aromatic carbocycles. The monoisotopic (exact) mass is 286 g/mol. The molecule has 1 fully saturated rings. The van der Waals surface area contributed by atoms with Crippen LogP contribution in [0, 0.1) is 0 Å². The first-order valence-corrected chi connectivity index (χ1v) is 6.90. The van der Waals surface area contributed by atoms with Crippen molar-refractivity contribution in [3.8, 4) is 5.75 Å². The minimum atomic E-state index is 0.0930. The van der Waals surface area contributed by atoms with Crippen molar-refractivity contribution in [2.75, 3.05) is 32.1 Å². The summed E-state index contributed by atoms with van der Waals surface area (Å²) in [5, 5.41) is 0.854. The highest BCUT2D eigenvalue weighted by atomic mass is 16.5. The molecular weight excluding hydrogens is 268 g/mol. The number of carbonyl (C=O) groups excluding carboxylic acids is 1. The zero-order valence-electron chi connectivity index (χ0n) is 12.4. The fourth-order valence-electron chi connectivity index (χ4n) is 2.66. The van der Waals surface area contributed by atoms with Crippen molar-refractivity contribution in [2.45, 2.75) is 13.0 Å². The average molecular weight is 286 g/mol. The normalized spacial score (nSPS) is 19.2. The summed E-state index contributed by atoms with van der Waals surface area (Å²) in [6.45, 7) is 3.10. The summed E-state index contributed by atoms with van der Waals surface area (Å²) in [6.07, 6.45) is 1.53. The fraction of sp³-hybridized carbons (Fsp3) is 0.400. The third-order valence-electron chi connectivity index (χ3n) is 3.99. The van der Waals surface area contributed by atoms with E-state index in [0.29, 0.717) is 6.54 Å². The molecule has 1 aliphatic heterocycles. The molecule has 2 aromatic rings. The second-order valence-corrected chi connectivity index (χ2v) is 5.29. The van der Waals surface area contributed by atoms with Crippen LogP contribution in [-0.4, -0.2) is 54.1 Å². The van der Waals surface area contributed by atoms with Crippen LogP contribution in [0.25, 0.3) is 10.9 Å². The molecule has 110 valence electrons. The molecule has 0 aliphatic carbocycles. The molecule has 3 rings (SSSR count). The lowest BCUT2D eigenvalue weighted by atomic mass is 10.1. The Bertz CT molecular complexity index is 683. The topological polar surface area (TPSA) is 58.6 Å². The van der Waals surface area contributed by atoms with E-state index in [4.69, 9.17) is 4.74 Å². The first-order chi connectivity index (χ1) is 10.1. The van der Waals surface area contributed by atoms with Crippen LogP contribution in [-0.2, 0) is 4.79 Å². The van der Waals surface area contributed by atoms with E-state index in [-0.39, 0.29) is 11.9 Å². The van der Waals surface area contributed by atoms with E-state index < -0.39 is 0 Å². The number of benzene rings is 1. The molecule has 1 saturated heterocycles. The summed E-state index contributed by atoms with van der Waals surface area (Å²) < 4.78 is 5.43. The van der Waals surface area contributed by atoms with Crippen LogP contribution >= 0.6 is 0 Å². The highest BCUT2D eigenvalue weighted by Crippen LogP contribution is 2.32. The van der Waals surface area contributed by atoms with E-state index >= 15 is 0 Å². The number of hydrogen-bond donors (Lipinski definition) is 0. The number of likely N-dealkylation sites (N-methyl/N-ethyl adjacent to an activating group) is 1. The van der Waals surface area contributed by atoms with Crippen LogP contribution in [0.3, 0.4) is 0 Å². The van der Waals surface area contributed by atoms with Crippen molar-refractivity contribution in [1.29, 1.82) is 0 Å². The van der Waals surface area contributed by atoms with Crippen LogP contribution in [0.4, 0.5) is 5.82 Å². The maximum Gasteiger partial charge on any atom is 0.242 e. The van der Waals surface area contributed by atoms with E-state index in [0.717, 1.165) is 29.0 Å². The molecule has 1 atom stereocenters. The SMILES string of the molecule is COc1cccc2ncnc(N3CC(=O)N(C)[C@@H](C)C3)c12. The van der Waals surface area contributed by atoms with Crippen molar-refractivity contribution in [3.05, 3.63) is 24.5 Å². The zero-order valence-corrected chi connectivity index (χ0v) is 12.4. The molecule has 2 heterocycles. The maximum atomic E-state index is 12.1. The maximum absolute atomic E-state index is 12.1. The highest BCUT2D eigenvalue weighted by molar-refractivity contribution is 5.96. The lowest BCUT2D eigenvalue weighted by molar-refractivity contribution is -0.131. The second-order valence-electron chi connectivity index (χ2n) is 5.29. The van der Waals surface area contributed by atoms with Gasteiger partial charge in [-0.3, -0.25) is 4.79 Å². The first kappa shape index (κ1) is 13.6.